The van der Waals surface area contributed by atoms with Crippen LogP contribution >= 0.6 is 0 Å². The minimum atomic E-state index is -0.0618. The first-order chi connectivity index (χ1) is 8.97. The van der Waals surface area contributed by atoms with Crippen LogP contribution in [-0.4, -0.2) is 11.8 Å². The molecule has 0 aromatic heterocycles. The normalized spacial score (nSPS) is 36.4. The van der Waals surface area contributed by atoms with Gasteiger partial charge in [-0.1, -0.05) is 40.0 Å². The molecule has 19 heavy (non-hydrogen) atoms. The lowest BCUT2D eigenvalue weighted by Crippen LogP contribution is -2.48. The van der Waals surface area contributed by atoms with Gasteiger partial charge in [-0.2, -0.15) is 0 Å². The van der Waals surface area contributed by atoms with E-state index in [0.717, 1.165) is 12.3 Å². The fourth-order valence-corrected chi connectivity index (χ4v) is 3.99. The van der Waals surface area contributed by atoms with Crippen LogP contribution in [0, 0.1) is 29.6 Å². The topological polar surface area (TPSA) is 46.2 Å². The third kappa shape index (κ3) is 3.58. The van der Waals surface area contributed by atoms with Crippen LogP contribution in [0.3, 0.4) is 0 Å². The SMILES string of the molecule is CC(C)CC1C(=O)NC(=O)CC1C1CCCC(C)C1. The van der Waals surface area contributed by atoms with E-state index in [1.165, 1.54) is 25.7 Å². The average molecular weight is 265 g/mol. The molecule has 4 atom stereocenters. The van der Waals surface area contributed by atoms with E-state index in [1.807, 2.05) is 0 Å². The zero-order valence-corrected chi connectivity index (χ0v) is 12.4. The summed E-state index contributed by atoms with van der Waals surface area (Å²) in [6.45, 7) is 6.61. The van der Waals surface area contributed by atoms with Crippen molar-refractivity contribution in [2.24, 2.45) is 29.6 Å². The van der Waals surface area contributed by atoms with E-state index in [2.05, 4.69) is 26.1 Å². The van der Waals surface area contributed by atoms with E-state index in [1.54, 1.807) is 0 Å². The Labute approximate surface area is 116 Å². The molecule has 1 saturated heterocycles. The van der Waals surface area contributed by atoms with Crippen LogP contribution in [0.15, 0.2) is 0 Å². The average Bonchev–Trinajstić information content (AvgIpc) is 2.32. The monoisotopic (exact) mass is 265 g/mol. The molecule has 2 amide bonds. The summed E-state index contributed by atoms with van der Waals surface area (Å²) < 4.78 is 0. The maximum Gasteiger partial charge on any atom is 0.229 e. The Bertz CT molecular complexity index is 351. The lowest BCUT2D eigenvalue weighted by atomic mass is 9.67. The third-order valence-electron chi connectivity index (χ3n) is 4.85. The van der Waals surface area contributed by atoms with Gasteiger partial charge >= 0.3 is 0 Å². The molecule has 4 unspecified atom stereocenters. The van der Waals surface area contributed by atoms with Gasteiger partial charge in [0.2, 0.25) is 11.8 Å². The molecule has 0 spiro atoms. The van der Waals surface area contributed by atoms with E-state index in [0.29, 0.717) is 18.3 Å². The van der Waals surface area contributed by atoms with E-state index in [4.69, 9.17) is 0 Å². The van der Waals surface area contributed by atoms with Crippen LogP contribution in [0.25, 0.3) is 0 Å². The molecular formula is C16H27NO2. The maximum absolute atomic E-state index is 12.1. The van der Waals surface area contributed by atoms with Gasteiger partial charge in [0.25, 0.3) is 0 Å². The van der Waals surface area contributed by atoms with Crippen LogP contribution in [0.4, 0.5) is 0 Å². The Kier molecular flexibility index (Phi) is 4.64. The Morgan fingerprint density at radius 2 is 2.00 bits per heavy atom. The zero-order valence-electron chi connectivity index (χ0n) is 12.4. The molecule has 2 fully saturated rings. The molecule has 3 nitrogen and oxygen atoms in total. The van der Waals surface area contributed by atoms with E-state index in [-0.39, 0.29) is 23.7 Å². The number of hydrogen-bond donors (Lipinski definition) is 1. The standard InChI is InChI=1S/C16H27NO2/c1-10(2)7-14-13(9-15(18)17-16(14)19)12-6-4-5-11(3)8-12/h10-14H,4-9H2,1-3H3,(H,17,18,19). The summed E-state index contributed by atoms with van der Waals surface area (Å²) in [5.74, 6) is 2.08. The van der Waals surface area contributed by atoms with E-state index < -0.39 is 0 Å². The van der Waals surface area contributed by atoms with Crippen molar-refractivity contribution >= 4 is 11.8 Å². The Morgan fingerprint density at radius 1 is 1.26 bits per heavy atom. The molecule has 0 radical (unpaired) electrons. The van der Waals surface area contributed by atoms with Gasteiger partial charge in [0.05, 0.1) is 0 Å². The minimum Gasteiger partial charge on any atom is -0.296 e. The quantitative estimate of drug-likeness (QED) is 0.797. The number of piperidine rings is 1. The molecule has 0 aromatic rings. The summed E-state index contributed by atoms with van der Waals surface area (Å²) in [5, 5.41) is 2.54. The largest absolute Gasteiger partial charge is 0.296 e. The number of hydrogen-bond acceptors (Lipinski definition) is 2. The van der Waals surface area contributed by atoms with Crippen molar-refractivity contribution < 1.29 is 9.59 Å². The summed E-state index contributed by atoms with van der Waals surface area (Å²) in [6, 6.07) is 0. The van der Waals surface area contributed by atoms with Crippen molar-refractivity contribution in [3.8, 4) is 0 Å². The second kappa shape index (κ2) is 6.06. The molecule has 1 heterocycles. The molecule has 108 valence electrons. The van der Waals surface area contributed by atoms with Crippen molar-refractivity contribution in [1.82, 2.24) is 5.32 Å². The highest BCUT2D eigenvalue weighted by molar-refractivity contribution is 5.99. The number of nitrogens with one attached hydrogen (secondary N) is 1. The van der Waals surface area contributed by atoms with Gasteiger partial charge in [-0.3, -0.25) is 14.9 Å². The smallest absolute Gasteiger partial charge is 0.229 e. The fraction of sp³-hybridized carbons (Fsp3) is 0.875. The van der Waals surface area contributed by atoms with Gasteiger partial charge in [-0.05, 0) is 36.5 Å². The van der Waals surface area contributed by atoms with Crippen molar-refractivity contribution in [3.63, 3.8) is 0 Å². The van der Waals surface area contributed by atoms with Crippen LogP contribution in [0.5, 0.6) is 0 Å². The second-order valence-electron chi connectivity index (χ2n) is 7.05. The first kappa shape index (κ1) is 14.5. The highest BCUT2D eigenvalue weighted by Crippen LogP contribution is 2.41. The predicted octanol–water partition coefficient (Wildman–Crippen LogP) is 3.14. The Balaban J connectivity index is 2.12. The van der Waals surface area contributed by atoms with Gasteiger partial charge in [0.1, 0.15) is 0 Å². The maximum atomic E-state index is 12.1. The number of carbonyl (C=O) groups excluding carboxylic acids is 2. The van der Waals surface area contributed by atoms with Crippen molar-refractivity contribution in [3.05, 3.63) is 0 Å². The van der Waals surface area contributed by atoms with Gasteiger partial charge in [-0.25, -0.2) is 0 Å². The van der Waals surface area contributed by atoms with E-state index in [9.17, 15) is 9.59 Å². The van der Waals surface area contributed by atoms with Crippen LogP contribution in [0.2, 0.25) is 0 Å². The molecule has 1 saturated carbocycles. The molecule has 0 aromatic carbocycles. The van der Waals surface area contributed by atoms with E-state index >= 15 is 0 Å². The van der Waals surface area contributed by atoms with Crippen molar-refractivity contribution in [2.75, 3.05) is 0 Å². The molecule has 2 aliphatic rings. The molecule has 2 rings (SSSR count). The Morgan fingerprint density at radius 3 is 2.63 bits per heavy atom. The summed E-state index contributed by atoms with van der Waals surface area (Å²) in [6.07, 6.45) is 6.42. The number of imide groups is 1. The number of rotatable bonds is 3. The van der Waals surface area contributed by atoms with Crippen molar-refractivity contribution in [2.45, 2.75) is 59.3 Å². The number of carbonyl (C=O) groups is 2. The second-order valence-corrected chi connectivity index (χ2v) is 7.05. The predicted molar refractivity (Wildman–Crippen MR) is 75.3 cm³/mol. The highest BCUT2D eigenvalue weighted by atomic mass is 16.2. The fourth-order valence-electron chi connectivity index (χ4n) is 3.99. The summed E-state index contributed by atoms with van der Waals surface area (Å²) in [7, 11) is 0. The lowest BCUT2D eigenvalue weighted by molar-refractivity contribution is -0.141. The summed E-state index contributed by atoms with van der Waals surface area (Å²) >= 11 is 0. The van der Waals surface area contributed by atoms with Crippen LogP contribution in [-0.2, 0) is 9.59 Å². The molecule has 1 aliphatic carbocycles. The lowest BCUT2D eigenvalue weighted by Gasteiger charge is -2.39. The first-order valence-electron chi connectivity index (χ1n) is 7.81. The van der Waals surface area contributed by atoms with Crippen LogP contribution < -0.4 is 5.32 Å². The highest BCUT2D eigenvalue weighted by Gasteiger charge is 2.41. The molecule has 0 bridgehead atoms. The Hall–Kier alpha value is -0.860. The molecular weight excluding hydrogens is 238 g/mol. The van der Waals surface area contributed by atoms with Gasteiger partial charge in [-0.15, -0.1) is 0 Å². The molecule has 1 N–H and O–H groups in total. The van der Waals surface area contributed by atoms with Gasteiger partial charge in [0.15, 0.2) is 0 Å². The molecule has 1 aliphatic heterocycles. The summed E-state index contributed by atoms with van der Waals surface area (Å²) in [5.41, 5.74) is 0. The number of amides is 2. The first-order valence-corrected chi connectivity index (χ1v) is 7.81. The zero-order chi connectivity index (χ0) is 14.0. The molecule has 3 heteroatoms. The van der Waals surface area contributed by atoms with Gasteiger partial charge < -0.3 is 0 Å². The third-order valence-corrected chi connectivity index (χ3v) is 4.85. The summed E-state index contributed by atoms with van der Waals surface area (Å²) in [4.78, 5) is 23.9. The van der Waals surface area contributed by atoms with Gasteiger partial charge in [0, 0.05) is 12.3 Å². The minimum absolute atomic E-state index is 0.0202. The van der Waals surface area contributed by atoms with Crippen LogP contribution in [0.1, 0.15) is 59.3 Å². The van der Waals surface area contributed by atoms with Crippen molar-refractivity contribution in [1.29, 1.82) is 0 Å².